The van der Waals surface area contributed by atoms with Crippen molar-refractivity contribution in [1.82, 2.24) is 24.9 Å². The van der Waals surface area contributed by atoms with Crippen molar-refractivity contribution in [1.29, 1.82) is 0 Å². The van der Waals surface area contributed by atoms with E-state index < -0.39 is 0 Å². The molecule has 0 N–H and O–H groups in total. The summed E-state index contributed by atoms with van der Waals surface area (Å²) in [6, 6.07) is 90.0. The van der Waals surface area contributed by atoms with E-state index in [9.17, 15) is 0 Å². The maximum absolute atomic E-state index is 6.34. The molecular weight excluding hydrogens is 891 g/mol. The monoisotopic (exact) mass is 933 g/mol. The van der Waals surface area contributed by atoms with Crippen LogP contribution in [0.1, 0.15) is 0 Å². The minimum Gasteiger partial charge on any atom is -0.456 e. The van der Waals surface area contributed by atoms with E-state index >= 15 is 0 Å². The fourth-order valence-corrected chi connectivity index (χ4v) is 9.60. The van der Waals surface area contributed by atoms with E-state index in [0.29, 0.717) is 23.3 Å². The summed E-state index contributed by atoms with van der Waals surface area (Å²) in [5, 5.41) is 2.14. The van der Waals surface area contributed by atoms with Gasteiger partial charge in [0.2, 0.25) is 0 Å². The lowest BCUT2D eigenvalue weighted by atomic mass is 9.98. The lowest BCUT2D eigenvalue weighted by Crippen LogP contribution is -2.00. The number of para-hydroxylation sites is 1. The van der Waals surface area contributed by atoms with Gasteiger partial charge in [-0.1, -0.05) is 212 Å². The second kappa shape index (κ2) is 18.8. The molecular formula is C67H43N5O. The largest absolute Gasteiger partial charge is 0.456 e. The summed E-state index contributed by atoms with van der Waals surface area (Å²) >= 11 is 0. The highest BCUT2D eigenvalue weighted by Crippen LogP contribution is 2.36. The normalized spacial score (nSPS) is 11.3. The molecule has 3 aromatic heterocycles. The maximum Gasteiger partial charge on any atom is 0.164 e. The van der Waals surface area contributed by atoms with Crippen molar-refractivity contribution in [2.45, 2.75) is 0 Å². The number of furan rings is 1. The second-order valence-corrected chi connectivity index (χ2v) is 18.1. The van der Waals surface area contributed by atoms with Gasteiger partial charge in [-0.15, -0.1) is 0 Å². The fraction of sp³-hybridized carbons (Fsp3) is 0. The molecule has 13 rings (SSSR count). The number of rotatable bonds is 10. The molecule has 0 radical (unpaired) electrons. The molecule has 73 heavy (non-hydrogen) atoms. The maximum atomic E-state index is 6.34. The lowest BCUT2D eigenvalue weighted by molar-refractivity contribution is 0.669. The molecule has 0 amide bonds. The van der Waals surface area contributed by atoms with E-state index in [1.54, 1.807) is 0 Å². The summed E-state index contributed by atoms with van der Waals surface area (Å²) in [5.41, 5.74) is 17.5. The number of nitrogens with zero attached hydrogens (tertiary/aromatic N) is 5. The van der Waals surface area contributed by atoms with Crippen LogP contribution >= 0.6 is 0 Å². The Morgan fingerprint density at radius 2 is 0.521 bits per heavy atom. The number of hydrogen-bond acceptors (Lipinski definition) is 6. The molecule has 0 saturated carbocycles. The van der Waals surface area contributed by atoms with Crippen LogP contribution in [0.3, 0.4) is 0 Å². The molecule has 13 aromatic rings. The van der Waals surface area contributed by atoms with E-state index in [1.807, 2.05) is 36.4 Å². The molecule has 0 aliphatic heterocycles. The molecule has 10 aromatic carbocycles. The molecule has 0 saturated heterocycles. The SMILES string of the molecule is c1ccc(-c2ccc(-c3cc(-c4cccc(-c5cccc(-c6nc(-c7cccc(-c8ccccc8)c7)nc(-c7cccc(-c8ccccc8)c7)n6)c5)c4)nc(-c4ccc5c(c4)oc4ccccc45)n3)cc2)cc1. The van der Waals surface area contributed by atoms with Gasteiger partial charge in [0.1, 0.15) is 11.2 Å². The number of hydrogen-bond donors (Lipinski definition) is 0. The van der Waals surface area contributed by atoms with Crippen molar-refractivity contribution in [3.8, 4) is 113 Å². The first-order valence-corrected chi connectivity index (χ1v) is 24.4. The van der Waals surface area contributed by atoms with Crippen molar-refractivity contribution in [3.63, 3.8) is 0 Å². The average Bonchev–Trinajstić information content (AvgIpc) is 3.86. The number of benzene rings is 10. The van der Waals surface area contributed by atoms with Gasteiger partial charge in [-0.05, 0) is 93.0 Å². The summed E-state index contributed by atoms with van der Waals surface area (Å²) < 4.78 is 6.34. The van der Waals surface area contributed by atoms with Crippen molar-refractivity contribution < 1.29 is 4.42 Å². The van der Waals surface area contributed by atoms with Crippen LogP contribution in [0.25, 0.3) is 135 Å². The summed E-state index contributed by atoms with van der Waals surface area (Å²) in [6.45, 7) is 0. The Hall–Kier alpha value is -9.91. The predicted molar refractivity (Wildman–Crippen MR) is 297 cm³/mol. The Bertz CT molecular complexity index is 4030. The molecule has 6 heteroatoms. The topological polar surface area (TPSA) is 77.6 Å². The van der Waals surface area contributed by atoms with Gasteiger partial charge in [0.05, 0.1) is 11.4 Å². The fourth-order valence-electron chi connectivity index (χ4n) is 9.60. The van der Waals surface area contributed by atoms with Gasteiger partial charge in [0.15, 0.2) is 23.3 Å². The van der Waals surface area contributed by atoms with Gasteiger partial charge >= 0.3 is 0 Å². The Morgan fingerprint density at radius 3 is 1.05 bits per heavy atom. The van der Waals surface area contributed by atoms with Gasteiger partial charge in [-0.25, -0.2) is 24.9 Å². The van der Waals surface area contributed by atoms with E-state index in [0.717, 1.165) is 111 Å². The van der Waals surface area contributed by atoms with Gasteiger partial charge in [-0.3, -0.25) is 0 Å². The summed E-state index contributed by atoms with van der Waals surface area (Å²) in [4.78, 5) is 26.0. The summed E-state index contributed by atoms with van der Waals surface area (Å²) in [5.74, 6) is 2.39. The minimum absolute atomic E-state index is 0.582. The lowest BCUT2D eigenvalue weighted by Gasteiger charge is -2.12. The molecule has 0 atom stereocenters. The molecule has 0 aliphatic rings. The number of fused-ring (bicyclic) bond motifs is 3. The molecule has 0 unspecified atom stereocenters. The van der Waals surface area contributed by atoms with Crippen molar-refractivity contribution in [2.24, 2.45) is 0 Å². The van der Waals surface area contributed by atoms with Crippen LogP contribution in [0.15, 0.2) is 265 Å². The average molecular weight is 934 g/mol. The zero-order valence-corrected chi connectivity index (χ0v) is 39.5. The Kier molecular flexibility index (Phi) is 11.1. The molecule has 0 aliphatic carbocycles. The first-order valence-electron chi connectivity index (χ1n) is 24.4. The van der Waals surface area contributed by atoms with Gasteiger partial charge in [-0.2, -0.15) is 0 Å². The van der Waals surface area contributed by atoms with E-state index in [4.69, 9.17) is 29.3 Å². The smallest absolute Gasteiger partial charge is 0.164 e. The molecule has 342 valence electrons. The van der Waals surface area contributed by atoms with Gasteiger partial charge in [0, 0.05) is 44.2 Å². The molecule has 6 nitrogen and oxygen atoms in total. The summed E-state index contributed by atoms with van der Waals surface area (Å²) in [6.07, 6.45) is 0. The van der Waals surface area contributed by atoms with E-state index in [2.05, 4.69) is 224 Å². The van der Waals surface area contributed by atoms with Crippen LogP contribution < -0.4 is 0 Å². The van der Waals surface area contributed by atoms with Gasteiger partial charge in [0.25, 0.3) is 0 Å². The van der Waals surface area contributed by atoms with Crippen LogP contribution in [-0.4, -0.2) is 24.9 Å². The van der Waals surface area contributed by atoms with Gasteiger partial charge < -0.3 is 4.42 Å². The third kappa shape index (κ3) is 8.75. The first-order chi connectivity index (χ1) is 36.1. The molecule has 0 fully saturated rings. The highest BCUT2D eigenvalue weighted by Gasteiger charge is 2.17. The predicted octanol–water partition coefficient (Wildman–Crippen LogP) is 17.2. The Labute approximate surface area is 422 Å². The van der Waals surface area contributed by atoms with Crippen LogP contribution in [0, 0.1) is 0 Å². The first kappa shape index (κ1) is 43.1. The zero-order chi connectivity index (χ0) is 48.5. The third-order valence-electron chi connectivity index (χ3n) is 13.4. The third-order valence-corrected chi connectivity index (χ3v) is 13.4. The summed E-state index contributed by atoms with van der Waals surface area (Å²) in [7, 11) is 0. The highest BCUT2D eigenvalue weighted by atomic mass is 16.3. The molecule has 0 spiro atoms. The van der Waals surface area contributed by atoms with E-state index in [1.165, 1.54) is 0 Å². The highest BCUT2D eigenvalue weighted by molar-refractivity contribution is 6.05. The number of aromatic nitrogens is 5. The van der Waals surface area contributed by atoms with E-state index in [-0.39, 0.29) is 0 Å². The molecule has 0 bridgehead atoms. The Morgan fingerprint density at radius 1 is 0.192 bits per heavy atom. The Balaban J connectivity index is 0.901. The van der Waals surface area contributed by atoms with Crippen LogP contribution in [-0.2, 0) is 0 Å². The molecule has 3 heterocycles. The van der Waals surface area contributed by atoms with Crippen molar-refractivity contribution in [2.75, 3.05) is 0 Å². The van der Waals surface area contributed by atoms with Crippen LogP contribution in [0.4, 0.5) is 0 Å². The zero-order valence-electron chi connectivity index (χ0n) is 39.5. The quantitative estimate of drug-likeness (QED) is 0.136. The van der Waals surface area contributed by atoms with Crippen LogP contribution in [0.2, 0.25) is 0 Å². The van der Waals surface area contributed by atoms with Crippen LogP contribution in [0.5, 0.6) is 0 Å². The van der Waals surface area contributed by atoms with Crippen molar-refractivity contribution >= 4 is 21.9 Å². The minimum atomic E-state index is 0.582. The standard InChI is InChI=1S/C67H43N5O/c1-4-16-44(17-5-1)47-32-34-48(35-33-47)60-43-61(69-64(68-60)57-36-37-59-58-30-10-11-31-62(58)73-63(59)42-57)53-26-12-24-51(38-53)52-25-15-29-56(41-52)67-71-65(54-27-13-22-49(39-54)45-18-6-2-7-19-45)70-66(72-67)55-28-14-23-50(40-55)46-20-8-3-9-21-46/h1-43H. The second-order valence-electron chi connectivity index (χ2n) is 18.1. The van der Waals surface area contributed by atoms with Crippen molar-refractivity contribution in [3.05, 3.63) is 261 Å².